The summed E-state index contributed by atoms with van der Waals surface area (Å²) in [5.41, 5.74) is -0.0903. The highest BCUT2D eigenvalue weighted by molar-refractivity contribution is 5.90. The van der Waals surface area contributed by atoms with Crippen molar-refractivity contribution in [3.63, 3.8) is 0 Å². The van der Waals surface area contributed by atoms with Crippen LogP contribution in [0.15, 0.2) is 36.5 Å². The highest BCUT2D eigenvalue weighted by Crippen LogP contribution is 2.32. The van der Waals surface area contributed by atoms with Gasteiger partial charge < -0.3 is 19.9 Å². The number of carbonyl (C=O) groups excluding carboxylic acids is 2. The molecule has 182 valence electrons. The first-order chi connectivity index (χ1) is 16.1. The molecule has 0 aliphatic carbocycles. The molecule has 0 saturated carbocycles. The Bertz CT molecular complexity index is 1070. The van der Waals surface area contributed by atoms with E-state index in [0.717, 1.165) is 18.3 Å². The zero-order valence-electron chi connectivity index (χ0n) is 18.3. The molecule has 3 heterocycles. The van der Waals surface area contributed by atoms with Gasteiger partial charge in [-0.3, -0.25) is 9.69 Å². The molecule has 12 heteroatoms. The zero-order valence-corrected chi connectivity index (χ0v) is 18.3. The standard InChI is InChI=1S/C22H23F4N5O3/c1-14(32)28-12-17-13-31(21(33)34-17)16-2-3-19(18(23)11-16)29-6-8-30(9-7-29)20-10-15(4-5-27-20)22(24,25)26/h2-5,10-11,17H,6-9,12-13H2,1H3,(H,28,32)/t17-/m0/s1. The van der Waals surface area contributed by atoms with Crippen LogP contribution in [-0.4, -0.2) is 62.4 Å². The predicted molar refractivity (Wildman–Crippen MR) is 116 cm³/mol. The Morgan fingerprint density at radius 2 is 1.85 bits per heavy atom. The van der Waals surface area contributed by atoms with Gasteiger partial charge in [-0.15, -0.1) is 0 Å². The van der Waals surface area contributed by atoms with E-state index >= 15 is 0 Å². The number of aromatic nitrogens is 1. The van der Waals surface area contributed by atoms with E-state index < -0.39 is 29.8 Å². The largest absolute Gasteiger partial charge is 0.442 e. The number of rotatable bonds is 5. The van der Waals surface area contributed by atoms with Crippen molar-refractivity contribution in [3.8, 4) is 0 Å². The van der Waals surface area contributed by atoms with E-state index in [1.54, 1.807) is 21.9 Å². The van der Waals surface area contributed by atoms with Crippen LogP contribution in [0.4, 0.5) is 39.5 Å². The molecule has 0 bridgehead atoms. The number of nitrogens with zero attached hydrogens (tertiary/aromatic N) is 4. The maximum Gasteiger partial charge on any atom is 0.416 e. The van der Waals surface area contributed by atoms with Gasteiger partial charge in [0.25, 0.3) is 0 Å². The molecule has 2 fully saturated rings. The normalized spacial score (nSPS) is 18.8. The summed E-state index contributed by atoms with van der Waals surface area (Å²) in [6.45, 7) is 3.23. The molecule has 1 aromatic carbocycles. The first-order valence-electron chi connectivity index (χ1n) is 10.7. The van der Waals surface area contributed by atoms with Gasteiger partial charge >= 0.3 is 12.3 Å². The molecule has 2 saturated heterocycles. The fourth-order valence-corrected chi connectivity index (χ4v) is 3.96. The molecule has 2 amide bonds. The van der Waals surface area contributed by atoms with Crippen LogP contribution < -0.4 is 20.0 Å². The molecule has 0 spiro atoms. The van der Waals surface area contributed by atoms with E-state index in [4.69, 9.17) is 4.74 Å². The Labute approximate surface area is 193 Å². The third-order valence-electron chi connectivity index (χ3n) is 5.71. The number of anilines is 3. The molecule has 34 heavy (non-hydrogen) atoms. The van der Waals surface area contributed by atoms with Gasteiger partial charge in [0, 0.05) is 39.3 Å². The summed E-state index contributed by atoms with van der Waals surface area (Å²) in [7, 11) is 0. The van der Waals surface area contributed by atoms with Gasteiger partial charge in [-0.1, -0.05) is 0 Å². The van der Waals surface area contributed by atoms with Crippen LogP contribution >= 0.6 is 0 Å². The van der Waals surface area contributed by atoms with Crippen molar-refractivity contribution in [1.82, 2.24) is 10.3 Å². The molecule has 2 aliphatic rings. The van der Waals surface area contributed by atoms with Gasteiger partial charge in [0.1, 0.15) is 17.7 Å². The van der Waals surface area contributed by atoms with Crippen molar-refractivity contribution >= 4 is 29.2 Å². The van der Waals surface area contributed by atoms with Crippen LogP contribution in [0, 0.1) is 5.82 Å². The number of amides is 2. The second kappa shape index (κ2) is 9.35. The SMILES string of the molecule is CC(=O)NC[C@H]1CN(c2ccc(N3CCN(c4cc(C(F)(F)F)ccn4)CC3)c(F)c2)C(=O)O1. The molecule has 0 radical (unpaired) electrons. The maximum atomic E-state index is 14.9. The molecule has 1 N–H and O–H groups in total. The van der Waals surface area contributed by atoms with E-state index in [-0.39, 0.29) is 24.8 Å². The number of piperazine rings is 1. The van der Waals surface area contributed by atoms with Gasteiger partial charge in [0.15, 0.2) is 0 Å². The monoisotopic (exact) mass is 481 g/mol. The predicted octanol–water partition coefficient (Wildman–Crippen LogP) is 3.03. The van der Waals surface area contributed by atoms with Gasteiger partial charge in [-0.25, -0.2) is 14.2 Å². The van der Waals surface area contributed by atoms with Crippen LogP contribution in [-0.2, 0) is 15.7 Å². The second-order valence-electron chi connectivity index (χ2n) is 8.06. The molecule has 4 rings (SSSR count). The van der Waals surface area contributed by atoms with Crippen molar-refractivity contribution in [2.75, 3.05) is 54.0 Å². The average molecular weight is 481 g/mol. The van der Waals surface area contributed by atoms with Gasteiger partial charge in [-0.05, 0) is 30.3 Å². The molecule has 0 unspecified atom stereocenters. The third-order valence-corrected chi connectivity index (χ3v) is 5.71. The number of benzene rings is 1. The second-order valence-corrected chi connectivity index (χ2v) is 8.06. The Morgan fingerprint density at radius 3 is 2.50 bits per heavy atom. The number of cyclic esters (lactones) is 1. The zero-order chi connectivity index (χ0) is 24.5. The lowest BCUT2D eigenvalue weighted by Gasteiger charge is -2.37. The Hall–Kier alpha value is -3.57. The molecule has 8 nitrogen and oxygen atoms in total. The van der Waals surface area contributed by atoms with Gasteiger partial charge in [-0.2, -0.15) is 13.2 Å². The number of nitrogens with one attached hydrogen (secondary N) is 1. The van der Waals surface area contributed by atoms with Crippen molar-refractivity contribution in [1.29, 1.82) is 0 Å². The minimum absolute atomic E-state index is 0.170. The molecular weight excluding hydrogens is 458 g/mol. The number of hydrogen-bond donors (Lipinski definition) is 1. The van der Waals surface area contributed by atoms with Crippen molar-refractivity contribution in [3.05, 3.63) is 47.9 Å². The number of alkyl halides is 3. The van der Waals surface area contributed by atoms with Crippen LogP contribution in [0.1, 0.15) is 12.5 Å². The Kier molecular flexibility index (Phi) is 6.49. The molecular formula is C22H23F4N5O3. The molecule has 1 atom stereocenters. The molecule has 2 aliphatic heterocycles. The molecule has 1 aromatic heterocycles. The Morgan fingerprint density at radius 1 is 1.15 bits per heavy atom. The summed E-state index contributed by atoms with van der Waals surface area (Å²) in [5.74, 6) is -0.540. The van der Waals surface area contributed by atoms with E-state index in [1.165, 1.54) is 17.9 Å². The van der Waals surface area contributed by atoms with Crippen LogP contribution in [0.25, 0.3) is 0 Å². The van der Waals surface area contributed by atoms with E-state index in [9.17, 15) is 27.2 Å². The highest BCUT2D eigenvalue weighted by Gasteiger charge is 2.34. The van der Waals surface area contributed by atoms with E-state index in [2.05, 4.69) is 10.3 Å². The first-order valence-corrected chi connectivity index (χ1v) is 10.7. The third kappa shape index (κ3) is 5.15. The minimum Gasteiger partial charge on any atom is -0.442 e. The number of carbonyl (C=O) groups is 2. The number of halogens is 4. The highest BCUT2D eigenvalue weighted by atomic mass is 19.4. The lowest BCUT2D eigenvalue weighted by atomic mass is 10.2. The van der Waals surface area contributed by atoms with Gasteiger partial charge in [0.2, 0.25) is 5.91 Å². The average Bonchev–Trinajstić information content (AvgIpc) is 3.18. The smallest absolute Gasteiger partial charge is 0.416 e. The minimum atomic E-state index is -4.45. The Balaban J connectivity index is 1.39. The quantitative estimate of drug-likeness (QED) is 0.662. The topological polar surface area (TPSA) is 78.0 Å². The fraction of sp³-hybridized carbons (Fsp3) is 0.409. The number of ether oxygens (including phenoxy) is 1. The summed E-state index contributed by atoms with van der Waals surface area (Å²) in [4.78, 5) is 32.1. The van der Waals surface area contributed by atoms with Crippen LogP contribution in [0.2, 0.25) is 0 Å². The molecule has 2 aromatic rings. The summed E-state index contributed by atoms with van der Waals surface area (Å²) in [5, 5.41) is 2.58. The number of pyridine rings is 1. The summed E-state index contributed by atoms with van der Waals surface area (Å²) < 4.78 is 59.1. The first kappa shape index (κ1) is 23.6. The summed E-state index contributed by atoms with van der Waals surface area (Å²) in [6, 6.07) is 6.37. The number of hydrogen-bond acceptors (Lipinski definition) is 6. The summed E-state index contributed by atoms with van der Waals surface area (Å²) in [6.07, 6.45) is -4.47. The van der Waals surface area contributed by atoms with Crippen molar-refractivity contribution in [2.45, 2.75) is 19.2 Å². The lowest BCUT2D eigenvalue weighted by molar-refractivity contribution is -0.137. The fourth-order valence-electron chi connectivity index (χ4n) is 3.96. The van der Waals surface area contributed by atoms with Crippen LogP contribution in [0.3, 0.4) is 0 Å². The van der Waals surface area contributed by atoms with E-state index in [1.807, 2.05) is 0 Å². The van der Waals surface area contributed by atoms with Crippen molar-refractivity contribution < 1.29 is 31.9 Å². The summed E-state index contributed by atoms with van der Waals surface area (Å²) >= 11 is 0. The lowest BCUT2D eigenvalue weighted by Crippen LogP contribution is -2.47. The maximum absolute atomic E-state index is 14.9. The van der Waals surface area contributed by atoms with Gasteiger partial charge in [0.05, 0.1) is 30.0 Å². The van der Waals surface area contributed by atoms with Crippen molar-refractivity contribution in [2.24, 2.45) is 0 Å². The van der Waals surface area contributed by atoms with Crippen LogP contribution in [0.5, 0.6) is 0 Å². The van der Waals surface area contributed by atoms with E-state index in [0.29, 0.717) is 37.6 Å².